The van der Waals surface area contributed by atoms with Gasteiger partial charge in [-0.3, -0.25) is 9.59 Å². The number of nitrogens with zero attached hydrogens (tertiary/aromatic N) is 2. The van der Waals surface area contributed by atoms with Gasteiger partial charge in [0.25, 0.3) is 5.91 Å². The first-order chi connectivity index (χ1) is 10.7. The van der Waals surface area contributed by atoms with Gasteiger partial charge in [0.2, 0.25) is 0 Å². The highest BCUT2D eigenvalue weighted by Crippen LogP contribution is 2.17. The monoisotopic (exact) mass is 320 g/mol. The molecule has 1 unspecified atom stereocenters. The lowest BCUT2D eigenvalue weighted by atomic mass is 9.97. The van der Waals surface area contributed by atoms with Crippen molar-refractivity contribution in [1.29, 1.82) is 0 Å². The first kappa shape index (κ1) is 16.7. The second kappa shape index (κ2) is 8.68. The molecule has 2 aliphatic rings. The van der Waals surface area contributed by atoms with E-state index in [9.17, 15) is 9.59 Å². The van der Waals surface area contributed by atoms with Crippen molar-refractivity contribution in [3.8, 4) is 0 Å². The van der Waals surface area contributed by atoms with E-state index in [1.54, 1.807) is 6.08 Å². The van der Waals surface area contributed by atoms with Gasteiger partial charge in [0.15, 0.2) is 0 Å². The molecule has 0 aromatic carbocycles. The number of rotatable bonds is 8. The number of hydrogen-bond acceptors (Lipinski definition) is 5. The van der Waals surface area contributed by atoms with Crippen LogP contribution in [0.5, 0.6) is 0 Å². The lowest BCUT2D eigenvalue weighted by molar-refractivity contribution is -0.143. The van der Waals surface area contributed by atoms with Crippen LogP contribution in [-0.4, -0.2) is 41.5 Å². The largest absolute Gasteiger partial charge is 0.466 e. The van der Waals surface area contributed by atoms with Gasteiger partial charge in [-0.15, -0.1) is 0 Å². The SMILES string of the molecule is CCCCOC(=O)CCSCC1=NC(=O)C2C=CC=CC2=N1. The first-order valence-corrected chi connectivity index (χ1v) is 8.64. The normalized spacial score (nSPS) is 19.5. The highest BCUT2D eigenvalue weighted by Gasteiger charge is 2.25. The summed E-state index contributed by atoms with van der Waals surface area (Å²) in [5.41, 5.74) is 0.747. The maximum Gasteiger partial charge on any atom is 0.306 e. The van der Waals surface area contributed by atoms with E-state index in [4.69, 9.17) is 4.74 Å². The molecule has 0 radical (unpaired) electrons. The van der Waals surface area contributed by atoms with Gasteiger partial charge in [-0.2, -0.15) is 16.8 Å². The number of unbranched alkanes of at least 4 members (excludes halogenated alkanes) is 1. The fraction of sp³-hybridized carbons (Fsp3) is 0.500. The average molecular weight is 320 g/mol. The fourth-order valence-electron chi connectivity index (χ4n) is 2.00. The van der Waals surface area contributed by atoms with Crippen molar-refractivity contribution in [2.24, 2.45) is 15.9 Å². The summed E-state index contributed by atoms with van der Waals surface area (Å²) in [4.78, 5) is 31.7. The Morgan fingerprint density at radius 2 is 2.23 bits per heavy atom. The molecule has 1 aliphatic carbocycles. The number of amidine groups is 1. The maximum absolute atomic E-state index is 11.9. The van der Waals surface area contributed by atoms with Crippen LogP contribution in [0.15, 0.2) is 34.3 Å². The fourth-order valence-corrected chi connectivity index (χ4v) is 2.77. The number of ether oxygens (including phenoxy) is 1. The number of aliphatic imine (C=N–C) groups is 2. The summed E-state index contributed by atoms with van der Waals surface area (Å²) >= 11 is 1.54. The van der Waals surface area contributed by atoms with Crippen LogP contribution >= 0.6 is 11.8 Å². The minimum Gasteiger partial charge on any atom is -0.466 e. The quantitative estimate of drug-likeness (QED) is 0.509. The summed E-state index contributed by atoms with van der Waals surface area (Å²) in [6.45, 7) is 2.55. The van der Waals surface area contributed by atoms with Crippen LogP contribution < -0.4 is 0 Å². The zero-order valence-corrected chi connectivity index (χ0v) is 13.5. The van der Waals surface area contributed by atoms with Gasteiger partial charge in [0.1, 0.15) is 11.8 Å². The summed E-state index contributed by atoms with van der Waals surface area (Å²) in [5.74, 6) is 1.03. The van der Waals surface area contributed by atoms with Gasteiger partial charge in [-0.25, -0.2) is 4.99 Å². The molecule has 2 rings (SSSR count). The van der Waals surface area contributed by atoms with E-state index >= 15 is 0 Å². The van der Waals surface area contributed by atoms with Crippen LogP contribution in [0, 0.1) is 5.92 Å². The molecule has 0 bridgehead atoms. The Hall–Kier alpha value is -1.69. The van der Waals surface area contributed by atoms with Gasteiger partial charge in [-0.05, 0) is 12.5 Å². The Balaban J connectivity index is 1.70. The topological polar surface area (TPSA) is 68.1 Å². The molecule has 0 saturated carbocycles. The Labute approximate surface area is 134 Å². The zero-order chi connectivity index (χ0) is 15.8. The number of carbonyl (C=O) groups excluding carboxylic acids is 2. The van der Waals surface area contributed by atoms with Crippen molar-refractivity contribution < 1.29 is 14.3 Å². The Morgan fingerprint density at radius 3 is 3.05 bits per heavy atom. The van der Waals surface area contributed by atoms with Crippen molar-refractivity contribution in [1.82, 2.24) is 0 Å². The molecular weight excluding hydrogens is 300 g/mol. The third kappa shape index (κ3) is 4.94. The summed E-state index contributed by atoms with van der Waals surface area (Å²) in [6.07, 6.45) is 9.64. The standard InChI is InChI=1S/C16H20N2O3S/c1-2-3-9-21-15(19)8-10-22-11-14-17-13-7-5-4-6-12(13)16(20)18-14/h4-7,12H,2-3,8-11H2,1H3. The molecule has 0 aromatic heterocycles. The van der Waals surface area contributed by atoms with E-state index in [2.05, 4.69) is 16.9 Å². The van der Waals surface area contributed by atoms with Crippen LogP contribution in [0.25, 0.3) is 0 Å². The number of allylic oxidation sites excluding steroid dienone is 3. The van der Waals surface area contributed by atoms with E-state index in [0.717, 1.165) is 18.6 Å². The molecule has 1 aliphatic heterocycles. The Kier molecular flexibility index (Phi) is 6.58. The summed E-state index contributed by atoms with van der Waals surface area (Å²) < 4.78 is 5.08. The predicted octanol–water partition coefficient (Wildman–Crippen LogP) is 2.57. The number of hydrogen-bond donors (Lipinski definition) is 0. The predicted molar refractivity (Wildman–Crippen MR) is 89.5 cm³/mol. The molecule has 6 heteroatoms. The smallest absolute Gasteiger partial charge is 0.306 e. The van der Waals surface area contributed by atoms with Gasteiger partial charge in [0, 0.05) is 5.75 Å². The van der Waals surface area contributed by atoms with Gasteiger partial charge in [0.05, 0.1) is 24.5 Å². The second-order valence-electron chi connectivity index (χ2n) is 5.00. The minimum absolute atomic E-state index is 0.167. The molecule has 0 spiro atoms. The summed E-state index contributed by atoms with van der Waals surface area (Å²) in [6, 6.07) is 0. The molecule has 118 valence electrons. The molecule has 1 amide bonds. The van der Waals surface area contributed by atoms with Crippen molar-refractivity contribution in [3.05, 3.63) is 24.3 Å². The number of esters is 1. The second-order valence-corrected chi connectivity index (χ2v) is 6.11. The average Bonchev–Trinajstić information content (AvgIpc) is 2.52. The molecule has 22 heavy (non-hydrogen) atoms. The van der Waals surface area contributed by atoms with Crippen molar-refractivity contribution in [3.63, 3.8) is 0 Å². The lowest BCUT2D eigenvalue weighted by Crippen LogP contribution is -2.27. The lowest BCUT2D eigenvalue weighted by Gasteiger charge is -2.17. The van der Waals surface area contributed by atoms with Crippen LogP contribution in [0.2, 0.25) is 0 Å². The highest BCUT2D eigenvalue weighted by molar-refractivity contribution is 7.99. The van der Waals surface area contributed by atoms with Crippen molar-refractivity contribution in [2.45, 2.75) is 26.2 Å². The van der Waals surface area contributed by atoms with Gasteiger partial charge < -0.3 is 4.74 Å². The molecule has 5 nitrogen and oxygen atoms in total. The van der Waals surface area contributed by atoms with E-state index in [1.807, 2.05) is 18.2 Å². The molecule has 1 atom stereocenters. The van der Waals surface area contributed by atoms with Crippen LogP contribution in [0.1, 0.15) is 26.2 Å². The number of amides is 1. The number of thioether (sulfide) groups is 1. The first-order valence-electron chi connectivity index (χ1n) is 7.49. The number of fused-ring (bicyclic) bond motifs is 1. The number of carbonyl (C=O) groups is 2. The van der Waals surface area contributed by atoms with E-state index in [0.29, 0.717) is 30.4 Å². The zero-order valence-electron chi connectivity index (χ0n) is 12.7. The van der Waals surface area contributed by atoms with Crippen LogP contribution in [0.3, 0.4) is 0 Å². The molecule has 0 aromatic rings. The van der Waals surface area contributed by atoms with E-state index < -0.39 is 0 Å². The highest BCUT2D eigenvalue weighted by atomic mass is 32.2. The molecular formula is C16H20N2O3S. The van der Waals surface area contributed by atoms with E-state index in [1.165, 1.54) is 11.8 Å². The molecule has 0 fully saturated rings. The molecule has 0 saturated heterocycles. The Morgan fingerprint density at radius 1 is 1.36 bits per heavy atom. The minimum atomic E-state index is -0.327. The van der Waals surface area contributed by atoms with Gasteiger partial charge >= 0.3 is 5.97 Å². The van der Waals surface area contributed by atoms with Crippen LogP contribution in [0.4, 0.5) is 0 Å². The van der Waals surface area contributed by atoms with E-state index in [-0.39, 0.29) is 17.8 Å². The van der Waals surface area contributed by atoms with Gasteiger partial charge in [-0.1, -0.05) is 31.6 Å². The summed E-state index contributed by atoms with van der Waals surface area (Å²) in [5, 5.41) is 0. The summed E-state index contributed by atoms with van der Waals surface area (Å²) in [7, 11) is 0. The third-order valence-corrected chi connectivity index (χ3v) is 4.16. The van der Waals surface area contributed by atoms with Crippen LogP contribution in [-0.2, 0) is 14.3 Å². The molecule has 0 N–H and O–H groups in total. The molecule has 1 heterocycles. The Bertz CT molecular complexity index is 550. The third-order valence-electron chi connectivity index (χ3n) is 3.21. The maximum atomic E-state index is 11.9. The van der Waals surface area contributed by atoms with Crippen molar-refractivity contribution >= 4 is 35.2 Å². The van der Waals surface area contributed by atoms with Crippen molar-refractivity contribution in [2.75, 3.05) is 18.1 Å².